The number of aromatic amines is 1. The second kappa shape index (κ2) is 8.37. The highest BCUT2D eigenvalue weighted by Gasteiger charge is 2.14. The summed E-state index contributed by atoms with van der Waals surface area (Å²) in [6.45, 7) is 0. The first kappa shape index (κ1) is 19.0. The number of ether oxygens (including phenoxy) is 1. The van der Waals surface area contributed by atoms with Gasteiger partial charge < -0.3 is 15.0 Å². The third-order valence-corrected chi connectivity index (χ3v) is 5.07. The summed E-state index contributed by atoms with van der Waals surface area (Å²) in [6.07, 6.45) is 7.38. The zero-order chi connectivity index (χ0) is 20.2. The average Bonchev–Trinajstić information content (AvgIpc) is 3.25. The van der Waals surface area contributed by atoms with Crippen molar-refractivity contribution < 1.29 is 9.53 Å². The van der Waals surface area contributed by atoms with Crippen molar-refractivity contribution in [1.82, 2.24) is 15.3 Å². The molecule has 0 saturated heterocycles. The molecule has 146 valence electrons. The fourth-order valence-corrected chi connectivity index (χ4v) is 3.29. The fraction of sp³-hybridized carbons (Fsp3) is 0.130. The highest BCUT2D eigenvalue weighted by atomic mass is 35.5. The second-order valence-corrected chi connectivity index (χ2v) is 7.16. The molecule has 1 aliphatic rings. The summed E-state index contributed by atoms with van der Waals surface area (Å²) in [5.41, 5.74) is 4.61. The largest absolute Gasteiger partial charge is 0.497 e. The van der Waals surface area contributed by atoms with Crippen molar-refractivity contribution in [3.05, 3.63) is 88.9 Å². The van der Waals surface area contributed by atoms with Crippen LogP contribution in [-0.2, 0) is 0 Å². The number of carbonyl (C=O) groups is 1. The molecule has 0 unspecified atom stereocenters. The number of hydrogen-bond acceptors (Lipinski definition) is 3. The first-order valence-electron chi connectivity index (χ1n) is 9.29. The number of aromatic nitrogens is 2. The van der Waals surface area contributed by atoms with Gasteiger partial charge in [-0.2, -0.15) is 0 Å². The van der Waals surface area contributed by atoms with Crippen LogP contribution in [-0.4, -0.2) is 23.0 Å². The minimum Gasteiger partial charge on any atom is -0.497 e. The molecule has 1 amide bonds. The van der Waals surface area contributed by atoms with E-state index in [0.29, 0.717) is 10.6 Å². The third kappa shape index (κ3) is 4.41. The van der Waals surface area contributed by atoms with Crippen molar-refractivity contribution in [1.29, 1.82) is 0 Å². The molecule has 1 aromatic heterocycles. The number of imidazole rings is 1. The van der Waals surface area contributed by atoms with Gasteiger partial charge >= 0.3 is 0 Å². The predicted molar refractivity (Wildman–Crippen MR) is 115 cm³/mol. The summed E-state index contributed by atoms with van der Waals surface area (Å²) in [7, 11) is 1.65. The molecule has 0 atom stereocenters. The minimum atomic E-state index is -0.131. The Bertz CT molecular complexity index is 1080. The van der Waals surface area contributed by atoms with Gasteiger partial charge in [-0.05, 0) is 73.0 Å². The van der Waals surface area contributed by atoms with E-state index in [9.17, 15) is 4.79 Å². The molecule has 2 aromatic carbocycles. The van der Waals surface area contributed by atoms with E-state index in [4.69, 9.17) is 16.3 Å². The monoisotopic (exact) mass is 405 g/mol. The molecule has 6 heteroatoms. The van der Waals surface area contributed by atoms with Gasteiger partial charge in [0.05, 0.1) is 19.0 Å². The third-order valence-electron chi connectivity index (χ3n) is 4.82. The van der Waals surface area contributed by atoms with Gasteiger partial charge in [0.1, 0.15) is 11.6 Å². The second-order valence-electron chi connectivity index (χ2n) is 6.72. The molecule has 4 rings (SSSR count). The number of nitrogens with one attached hydrogen (secondary N) is 2. The van der Waals surface area contributed by atoms with Crippen LogP contribution in [0.15, 0.2) is 72.6 Å². The average molecular weight is 406 g/mol. The Morgan fingerprint density at radius 1 is 1.07 bits per heavy atom. The maximum atomic E-state index is 12.3. The molecule has 0 fully saturated rings. The van der Waals surface area contributed by atoms with E-state index in [1.165, 1.54) is 0 Å². The van der Waals surface area contributed by atoms with E-state index in [2.05, 4.69) is 15.3 Å². The van der Waals surface area contributed by atoms with Crippen molar-refractivity contribution in [2.75, 3.05) is 7.11 Å². The number of benzene rings is 2. The van der Waals surface area contributed by atoms with Crippen LogP contribution in [0.3, 0.4) is 0 Å². The van der Waals surface area contributed by atoms with E-state index in [-0.39, 0.29) is 5.91 Å². The van der Waals surface area contributed by atoms with Crippen molar-refractivity contribution in [3.63, 3.8) is 0 Å². The summed E-state index contributed by atoms with van der Waals surface area (Å²) in [5.74, 6) is 1.50. The zero-order valence-electron chi connectivity index (χ0n) is 15.9. The van der Waals surface area contributed by atoms with Gasteiger partial charge in [0.25, 0.3) is 5.91 Å². The number of carbonyl (C=O) groups excluding carboxylic acids is 1. The van der Waals surface area contributed by atoms with Gasteiger partial charge in [0.15, 0.2) is 0 Å². The number of rotatable bonds is 5. The topological polar surface area (TPSA) is 67.0 Å². The molecule has 29 heavy (non-hydrogen) atoms. The van der Waals surface area contributed by atoms with Crippen LogP contribution in [0.5, 0.6) is 5.75 Å². The summed E-state index contributed by atoms with van der Waals surface area (Å²) in [5, 5.41) is 3.58. The number of H-pyrrole nitrogens is 1. The summed E-state index contributed by atoms with van der Waals surface area (Å²) in [6, 6.07) is 14.6. The van der Waals surface area contributed by atoms with Gasteiger partial charge in [-0.1, -0.05) is 17.7 Å². The van der Waals surface area contributed by atoms with E-state index in [1.807, 2.05) is 42.6 Å². The molecular formula is C23H20ClN3O2. The van der Waals surface area contributed by atoms with Crippen LogP contribution in [0.4, 0.5) is 0 Å². The maximum Gasteiger partial charge on any atom is 0.255 e. The lowest BCUT2D eigenvalue weighted by Gasteiger charge is -2.15. The molecule has 0 spiro atoms. The molecule has 0 saturated carbocycles. The van der Waals surface area contributed by atoms with Crippen LogP contribution >= 0.6 is 11.6 Å². The lowest BCUT2D eigenvalue weighted by molar-refractivity contribution is 0.0964. The van der Waals surface area contributed by atoms with Crippen molar-refractivity contribution in [2.24, 2.45) is 0 Å². The lowest BCUT2D eigenvalue weighted by Crippen LogP contribution is -2.23. The van der Waals surface area contributed by atoms with Gasteiger partial charge in [-0.25, -0.2) is 4.98 Å². The Morgan fingerprint density at radius 2 is 1.83 bits per heavy atom. The molecule has 2 N–H and O–H groups in total. The zero-order valence-corrected chi connectivity index (χ0v) is 16.7. The van der Waals surface area contributed by atoms with Crippen LogP contribution in [0.25, 0.3) is 17.0 Å². The van der Waals surface area contributed by atoms with E-state index < -0.39 is 0 Å². The lowest BCUT2D eigenvalue weighted by atomic mass is 10.00. The van der Waals surface area contributed by atoms with Crippen molar-refractivity contribution in [3.8, 4) is 17.1 Å². The van der Waals surface area contributed by atoms with E-state index in [1.54, 1.807) is 31.4 Å². The SMILES string of the molecule is COc1ccc(-c2ncc(C3=CC=C(NC(=O)c4ccc(Cl)cc4)CC3)[nH]2)cc1. The van der Waals surface area contributed by atoms with E-state index >= 15 is 0 Å². The van der Waals surface area contributed by atoms with Gasteiger partial charge in [-0.3, -0.25) is 4.79 Å². The molecule has 0 aliphatic heterocycles. The minimum absolute atomic E-state index is 0.131. The van der Waals surface area contributed by atoms with Gasteiger partial charge in [0.2, 0.25) is 0 Å². The molecule has 5 nitrogen and oxygen atoms in total. The maximum absolute atomic E-state index is 12.3. The normalized spacial score (nSPS) is 13.4. The standard InChI is InChI=1S/C23H20ClN3O2/c1-29-20-12-6-16(7-13-20)22-25-14-21(27-22)15-4-10-19(11-5-15)26-23(28)17-2-8-18(24)9-3-17/h2-4,6-10,12-14H,5,11H2,1H3,(H,25,27)(H,26,28). The van der Waals surface area contributed by atoms with E-state index in [0.717, 1.165) is 46.9 Å². The molecule has 1 heterocycles. The Hall–Kier alpha value is -3.31. The summed E-state index contributed by atoms with van der Waals surface area (Å²) >= 11 is 5.87. The highest BCUT2D eigenvalue weighted by molar-refractivity contribution is 6.30. The number of allylic oxidation sites excluding steroid dienone is 4. The first-order valence-corrected chi connectivity index (χ1v) is 9.66. The fourth-order valence-electron chi connectivity index (χ4n) is 3.17. The molecule has 1 aliphatic carbocycles. The molecule has 3 aromatic rings. The first-order chi connectivity index (χ1) is 14.1. The van der Waals surface area contributed by atoms with Crippen LogP contribution in [0, 0.1) is 0 Å². The number of amides is 1. The van der Waals surface area contributed by atoms with Gasteiger partial charge in [0, 0.05) is 21.8 Å². The molecule has 0 radical (unpaired) electrons. The number of hydrogen-bond donors (Lipinski definition) is 2. The molecule has 0 bridgehead atoms. The van der Waals surface area contributed by atoms with Crippen molar-refractivity contribution in [2.45, 2.75) is 12.8 Å². The smallest absolute Gasteiger partial charge is 0.255 e. The Labute approximate surface area is 174 Å². The molecular weight excluding hydrogens is 386 g/mol. The van der Waals surface area contributed by atoms with Crippen LogP contribution < -0.4 is 10.1 Å². The highest BCUT2D eigenvalue weighted by Crippen LogP contribution is 2.27. The number of nitrogens with zero attached hydrogens (tertiary/aromatic N) is 1. The van der Waals surface area contributed by atoms with Crippen LogP contribution in [0.2, 0.25) is 5.02 Å². The van der Waals surface area contributed by atoms with Crippen LogP contribution in [0.1, 0.15) is 28.9 Å². The number of halogens is 1. The Morgan fingerprint density at radius 3 is 2.48 bits per heavy atom. The summed E-state index contributed by atoms with van der Waals surface area (Å²) < 4.78 is 5.19. The Kier molecular flexibility index (Phi) is 5.49. The van der Waals surface area contributed by atoms with Gasteiger partial charge in [-0.15, -0.1) is 0 Å². The van der Waals surface area contributed by atoms with Crippen molar-refractivity contribution >= 4 is 23.1 Å². The summed E-state index contributed by atoms with van der Waals surface area (Å²) in [4.78, 5) is 20.2. The Balaban J connectivity index is 1.45. The number of methoxy groups -OCH3 is 1. The quantitative estimate of drug-likeness (QED) is 0.610. The predicted octanol–water partition coefficient (Wildman–Crippen LogP) is 5.23.